The van der Waals surface area contributed by atoms with Crippen LogP contribution in [0.2, 0.25) is 0 Å². The van der Waals surface area contributed by atoms with Crippen LogP contribution >= 0.6 is 15.9 Å². The summed E-state index contributed by atoms with van der Waals surface area (Å²) in [6.07, 6.45) is 2.39. The zero-order valence-electron chi connectivity index (χ0n) is 13.0. The highest BCUT2D eigenvalue weighted by Crippen LogP contribution is 2.38. The molecule has 3 rings (SSSR count). The molecule has 2 aromatic rings. The highest BCUT2D eigenvalue weighted by Gasteiger charge is 2.31. The molecule has 2 atom stereocenters. The molecule has 2 heterocycles. The first-order valence-corrected chi connectivity index (χ1v) is 8.50. The fourth-order valence-electron chi connectivity index (χ4n) is 3.25. The van der Waals surface area contributed by atoms with Gasteiger partial charge in [-0.1, -0.05) is 18.2 Å². The van der Waals surface area contributed by atoms with E-state index in [9.17, 15) is 0 Å². The molecule has 0 radical (unpaired) electrons. The molecule has 1 fully saturated rings. The van der Waals surface area contributed by atoms with Crippen molar-refractivity contribution in [3.63, 3.8) is 0 Å². The largest absolute Gasteiger partial charge is 0.497 e. The molecule has 1 unspecified atom stereocenters. The van der Waals surface area contributed by atoms with Crippen LogP contribution < -0.4 is 4.74 Å². The van der Waals surface area contributed by atoms with Gasteiger partial charge in [0.2, 0.25) is 0 Å². The summed E-state index contributed by atoms with van der Waals surface area (Å²) < 4.78 is 6.16. The second-order valence-corrected chi connectivity index (χ2v) is 6.54. The predicted molar refractivity (Wildman–Crippen MR) is 92.0 cm³/mol. The lowest BCUT2D eigenvalue weighted by Crippen LogP contribution is -2.27. The molecule has 0 saturated carbocycles. The van der Waals surface area contributed by atoms with Crippen LogP contribution in [0.25, 0.3) is 0 Å². The fraction of sp³-hybridized carbons (Fsp3) is 0.389. The summed E-state index contributed by atoms with van der Waals surface area (Å²) in [7, 11) is 1.70. The first-order valence-electron chi connectivity index (χ1n) is 7.71. The zero-order chi connectivity index (χ0) is 15.5. The molecule has 0 aliphatic carbocycles. The van der Waals surface area contributed by atoms with Gasteiger partial charge in [-0.2, -0.15) is 0 Å². The van der Waals surface area contributed by atoms with Gasteiger partial charge in [0.15, 0.2) is 0 Å². The van der Waals surface area contributed by atoms with Gasteiger partial charge in [0, 0.05) is 6.04 Å². The number of likely N-dealkylation sites (tertiary alicyclic amines) is 1. The number of ether oxygens (including phenoxy) is 1. The lowest BCUT2D eigenvalue weighted by Gasteiger charge is -2.30. The average Bonchev–Trinajstić information content (AvgIpc) is 3.04. The Balaban J connectivity index is 1.82. The normalized spacial score (nSPS) is 20.0. The minimum absolute atomic E-state index is 0.374. The van der Waals surface area contributed by atoms with Crippen molar-refractivity contribution in [2.24, 2.45) is 0 Å². The third-order valence-corrected chi connectivity index (χ3v) is 4.91. The second-order valence-electron chi connectivity index (χ2n) is 5.73. The van der Waals surface area contributed by atoms with Gasteiger partial charge in [-0.25, -0.2) is 4.98 Å². The summed E-state index contributed by atoms with van der Waals surface area (Å²) in [6, 6.07) is 15.3. The number of nitrogens with zero attached hydrogens (tertiary/aromatic N) is 2. The van der Waals surface area contributed by atoms with Gasteiger partial charge in [-0.05, 0) is 72.1 Å². The van der Waals surface area contributed by atoms with E-state index in [2.05, 4.69) is 57.0 Å². The smallest absolute Gasteiger partial charge is 0.118 e. The van der Waals surface area contributed by atoms with Crippen LogP contribution in [0, 0.1) is 0 Å². The van der Waals surface area contributed by atoms with E-state index in [0.29, 0.717) is 12.1 Å². The third kappa shape index (κ3) is 3.18. The Labute approximate surface area is 140 Å². The van der Waals surface area contributed by atoms with Crippen molar-refractivity contribution in [3.05, 3.63) is 58.3 Å². The summed E-state index contributed by atoms with van der Waals surface area (Å²) in [4.78, 5) is 7.22. The first kappa shape index (κ1) is 15.5. The molecule has 1 aliphatic heterocycles. The number of hydrogen-bond donors (Lipinski definition) is 0. The van der Waals surface area contributed by atoms with Crippen molar-refractivity contribution in [1.82, 2.24) is 9.88 Å². The Morgan fingerprint density at radius 1 is 1.23 bits per heavy atom. The molecule has 1 aromatic heterocycles. The number of benzene rings is 1. The summed E-state index contributed by atoms with van der Waals surface area (Å²) in [5, 5.41) is 0. The van der Waals surface area contributed by atoms with E-state index in [1.54, 1.807) is 7.11 Å². The van der Waals surface area contributed by atoms with E-state index in [1.165, 1.54) is 18.4 Å². The highest BCUT2D eigenvalue weighted by atomic mass is 79.9. The number of aromatic nitrogens is 1. The summed E-state index contributed by atoms with van der Waals surface area (Å²) in [5.41, 5.74) is 2.48. The van der Waals surface area contributed by atoms with Crippen LogP contribution in [-0.2, 0) is 0 Å². The molecule has 1 aliphatic rings. The summed E-state index contributed by atoms with van der Waals surface area (Å²) in [5.74, 6) is 0.905. The molecule has 0 bridgehead atoms. The van der Waals surface area contributed by atoms with E-state index >= 15 is 0 Å². The van der Waals surface area contributed by atoms with Crippen LogP contribution in [0.4, 0.5) is 0 Å². The molecule has 0 spiro atoms. The van der Waals surface area contributed by atoms with E-state index < -0.39 is 0 Å². The van der Waals surface area contributed by atoms with E-state index in [1.807, 2.05) is 18.2 Å². The SMILES string of the molecule is COc1ccc([C@H](C)N2CCCC2c2cccc(Br)n2)cc1. The molecular formula is C18H21BrN2O. The highest BCUT2D eigenvalue weighted by molar-refractivity contribution is 9.10. The monoisotopic (exact) mass is 360 g/mol. The van der Waals surface area contributed by atoms with Crippen molar-refractivity contribution in [1.29, 1.82) is 0 Å². The second kappa shape index (κ2) is 6.80. The predicted octanol–water partition coefficient (Wildman–Crippen LogP) is 4.75. The number of hydrogen-bond acceptors (Lipinski definition) is 3. The van der Waals surface area contributed by atoms with Gasteiger partial charge >= 0.3 is 0 Å². The zero-order valence-corrected chi connectivity index (χ0v) is 14.6. The minimum atomic E-state index is 0.374. The Morgan fingerprint density at radius 3 is 2.68 bits per heavy atom. The summed E-state index contributed by atoms with van der Waals surface area (Å²) >= 11 is 3.48. The van der Waals surface area contributed by atoms with Crippen molar-refractivity contribution in [2.75, 3.05) is 13.7 Å². The van der Waals surface area contributed by atoms with Crippen molar-refractivity contribution < 1.29 is 4.74 Å². The minimum Gasteiger partial charge on any atom is -0.497 e. The Bertz CT molecular complexity index is 629. The van der Waals surface area contributed by atoms with Crippen molar-refractivity contribution in [3.8, 4) is 5.75 Å². The topological polar surface area (TPSA) is 25.4 Å². The molecule has 116 valence electrons. The van der Waals surface area contributed by atoms with E-state index in [-0.39, 0.29) is 0 Å². The number of pyridine rings is 1. The molecule has 3 nitrogen and oxygen atoms in total. The summed E-state index contributed by atoms with van der Waals surface area (Å²) in [6.45, 7) is 3.39. The van der Waals surface area contributed by atoms with Gasteiger partial charge < -0.3 is 4.74 Å². The van der Waals surface area contributed by atoms with E-state index in [0.717, 1.165) is 22.6 Å². The maximum atomic E-state index is 5.25. The molecule has 1 saturated heterocycles. The Morgan fingerprint density at radius 2 is 2.00 bits per heavy atom. The first-order chi connectivity index (χ1) is 10.7. The lowest BCUT2D eigenvalue weighted by atomic mass is 10.0. The van der Waals surface area contributed by atoms with Crippen molar-refractivity contribution >= 4 is 15.9 Å². The number of methoxy groups -OCH3 is 1. The van der Waals surface area contributed by atoms with Gasteiger partial charge in [-0.3, -0.25) is 4.90 Å². The lowest BCUT2D eigenvalue weighted by molar-refractivity contribution is 0.191. The number of halogens is 1. The van der Waals surface area contributed by atoms with Gasteiger partial charge in [0.25, 0.3) is 0 Å². The van der Waals surface area contributed by atoms with Gasteiger partial charge in [-0.15, -0.1) is 0 Å². The maximum Gasteiger partial charge on any atom is 0.118 e. The molecule has 0 amide bonds. The molecule has 0 N–H and O–H groups in total. The standard InChI is InChI=1S/C18H21BrN2O/c1-13(14-8-10-15(22-2)11-9-14)21-12-4-6-17(21)16-5-3-7-18(19)20-16/h3,5,7-11,13,17H,4,6,12H2,1-2H3/t13-,17?/m0/s1. The van der Waals surface area contributed by atoms with Crippen molar-refractivity contribution in [2.45, 2.75) is 31.8 Å². The fourth-order valence-corrected chi connectivity index (χ4v) is 3.61. The van der Waals surface area contributed by atoms with Crippen LogP contribution in [0.1, 0.15) is 43.1 Å². The van der Waals surface area contributed by atoms with Gasteiger partial charge in [0.05, 0.1) is 18.8 Å². The van der Waals surface area contributed by atoms with Crippen LogP contribution in [0.15, 0.2) is 47.1 Å². The third-order valence-electron chi connectivity index (χ3n) is 4.47. The van der Waals surface area contributed by atoms with Crippen LogP contribution in [0.3, 0.4) is 0 Å². The molecule has 4 heteroatoms. The van der Waals surface area contributed by atoms with Gasteiger partial charge in [0.1, 0.15) is 10.4 Å². The maximum absolute atomic E-state index is 5.25. The average molecular weight is 361 g/mol. The molecule has 1 aromatic carbocycles. The van der Waals surface area contributed by atoms with E-state index in [4.69, 9.17) is 4.74 Å². The quantitative estimate of drug-likeness (QED) is 0.735. The van der Waals surface area contributed by atoms with Crippen LogP contribution in [-0.4, -0.2) is 23.5 Å². The Kier molecular flexibility index (Phi) is 4.79. The Hall–Kier alpha value is -1.39. The van der Waals surface area contributed by atoms with Crippen LogP contribution in [0.5, 0.6) is 5.75 Å². The number of rotatable bonds is 4. The molecular weight excluding hydrogens is 340 g/mol. The molecule has 22 heavy (non-hydrogen) atoms.